The van der Waals surface area contributed by atoms with E-state index >= 15 is 0 Å². The average molecular weight is 376 g/mol. The standard InChI is InChI=1S/C18H18ClN3O4/c1-26-15-5-3-14(4-6-15)20-8-10-21(11-9-20)18(23)13-2-7-16(19)17(12-13)22(24)25/h2-7,12H,8-11H2,1H3. The summed E-state index contributed by atoms with van der Waals surface area (Å²) in [5.74, 6) is 0.575. The molecule has 8 heteroatoms. The fourth-order valence-electron chi connectivity index (χ4n) is 2.93. The van der Waals surface area contributed by atoms with Crippen molar-refractivity contribution in [1.82, 2.24) is 4.90 Å². The second-order valence-corrected chi connectivity index (χ2v) is 6.31. The fraction of sp³-hybridized carbons (Fsp3) is 0.278. The maximum atomic E-state index is 12.6. The smallest absolute Gasteiger partial charge is 0.288 e. The first kappa shape index (κ1) is 18.0. The summed E-state index contributed by atoms with van der Waals surface area (Å²) >= 11 is 5.81. The third-order valence-corrected chi connectivity index (χ3v) is 4.71. The van der Waals surface area contributed by atoms with Gasteiger partial charge in [-0.25, -0.2) is 0 Å². The molecule has 0 aliphatic carbocycles. The first-order valence-electron chi connectivity index (χ1n) is 8.12. The quantitative estimate of drug-likeness (QED) is 0.605. The summed E-state index contributed by atoms with van der Waals surface area (Å²) in [7, 11) is 1.63. The molecule has 2 aromatic carbocycles. The number of carbonyl (C=O) groups is 1. The van der Waals surface area contributed by atoms with Gasteiger partial charge in [0.2, 0.25) is 0 Å². The molecule has 0 atom stereocenters. The fourth-order valence-corrected chi connectivity index (χ4v) is 3.12. The summed E-state index contributed by atoms with van der Waals surface area (Å²) in [5.41, 5.74) is 1.09. The highest BCUT2D eigenvalue weighted by Crippen LogP contribution is 2.26. The topological polar surface area (TPSA) is 75.9 Å². The second-order valence-electron chi connectivity index (χ2n) is 5.90. The largest absolute Gasteiger partial charge is 0.497 e. The van der Waals surface area contributed by atoms with Gasteiger partial charge in [0.05, 0.1) is 12.0 Å². The zero-order valence-electron chi connectivity index (χ0n) is 14.2. The minimum absolute atomic E-state index is 0.0240. The number of halogens is 1. The number of piperazine rings is 1. The number of hydrogen-bond acceptors (Lipinski definition) is 5. The van der Waals surface area contributed by atoms with Crippen LogP contribution in [0.15, 0.2) is 42.5 Å². The SMILES string of the molecule is COc1ccc(N2CCN(C(=O)c3ccc(Cl)c([N+](=O)[O-])c3)CC2)cc1. The first-order chi connectivity index (χ1) is 12.5. The number of hydrogen-bond donors (Lipinski definition) is 0. The molecule has 0 N–H and O–H groups in total. The van der Waals surface area contributed by atoms with Gasteiger partial charge in [0.25, 0.3) is 11.6 Å². The minimum atomic E-state index is -0.583. The predicted octanol–water partition coefficient (Wildman–Crippen LogP) is 3.22. The average Bonchev–Trinajstić information content (AvgIpc) is 2.68. The van der Waals surface area contributed by atoms with Crippen LogP contribution >= 0.6 is 11.6 Å². The maximum absolute atomic E-state index is 12.6. The Morgan fingerprint density at radius 2 is 1.77 bits per heavy atom. The number of carbonyl (C=O) groups excluding carboxylic acids is 1. The van der Waals surface area contributed by atoms with Gasteiger partial charge < -0.3 is 14.5 Å². The maximum Gasteiger partial charge on any atom is 0.288 e. The number of nitro benzene ring substituents is 1. The zero-order valence-corrected chi connectivity index (χ0v) is 15.0. The van der Waals surface area contributed by atoms with Crippen molar-refractivity contribution in [2.24, 2.45) is 0 Å². The number of benzene rings is 2. The van der Waals surface area contributed by atoms with Crippen LogP contribution in [-0.4, -0.2) is 49.0 Å². The number of nitrogens with zero attached hydrogens (tertiary/aromatic N) is 3. The normalized spacial score (nSPS) is 14.2. The van der Waals surface area contributed by atoms with Crippen molar-refractivity contribution >= 4 is 28.9 Å². The highest BCUT2D eigenvalue weighted by molar-refractivity contribution is 6.32. The molecule has 0 unspecified atom stereocenters. The van der Waals surface area contributed by atoms with E-state index in [9.17, 15) is 14.9 Å². The van der Waals surface area contributed by atoms with E-state index in [0.29, 0.717) is 26.2 Å². The van der Waals surface area contributed by atoms with Crippen LogP contribution in [-0.2, 0) is 0 Å². The summed E-state index contributed by atoms with van der Waals surface area (Å²) in [4.78, 5) is 26.9. The number of methoxy groups -OCH3 is 1. The van der Waals surface area contributed by atoms with Crippen molar-refractivity contribution < 1.29 is 14.5 Å². The van der Waals surface area contributed by atoms with Crippen LogP contribution in [0.1, 0.15) is 10.4 Å². The Morgan fingerprint density at radius 3 is 2.35 bits per heavy atom. The van der Waals surface area contributed by atoms with Gasteiger partial charge in [0, 0.05) is 43.5 Å². The van der Waals surface area contributed by atoms with Crippen molar-refractivity contribution in [2.45, 2.75) is 0 Å². The molecule has 2 aromatic rings. The molecule has 1 aliphatic heterocycles. The van der Waals surface area contributed by atoms with Crippen molar-refractivity contribution in [3.05, 3.63) is 63.2 Å². The van der Waals surface area contributed by atoms with Gasteiger partial charge in [0.15, 0.2) is 0 Å². The predicted molar refractivity (Wildman–Crippen MR) is 99.2 cm³/mol. The van der Waals surface area contributed by atoms with E-state index in [1.165, 1.54) is 18.2 Å². The molecule has 1 amide bonds. The first-order valence-corrected chi connectivity index (χ1v) is 8.49. The van der Waals surface area contributed by atoms with Crippen molar-refractivity contribution in [3.8, 4) is 5.75 Å². The summed E-state index contributed by atoms with van der Waals surface area (Å²) in [6.45, 7) is 2.46. The van der Waals surface area contributed by atoms with Gasteiger partial charge in [-0.1, -0.05) is 11.6 Å². The van der Waals surface area contributed by atoms with Crippen LogP contribution < -0.4 is 9.64 Å². The van der Waals surface area contributed by atoms with Gasteiger partial charge in [-0.2, -0.15) is 0 Å². The molecule has 1 saturated heterocycles. The monoisotopic (exact) mass is 375 g/mol. The minimum Gasteiger partial charge on any atom is -0.497 e. The third-order valence-electron chi connectivity index (χ3n) is 4.39. The molecule has 136 valence electrons. The molecule has 0 aromatic heterocycles. The highest BCUT2D eigenvalue weighted by atomic mass is 35.5. The van der Waals surface area contributed by atoms with Crippen molar-refractivity contribution in [3.63, 3.8) is 0 Å². The van der Waals surface area contributed by atoms with E-state index in [1.54, 1.807) is 12.0 Å². The molecule has 1 fully saturated rings. The van der Waals surface area contributed by atoms with Gasteiger partial charge in [-0.05, 0) is 36.4 Å². The Balaban J connectivity index is 1.66. The Labute approximate surface area is 155 Å². The van der Waals surface area contributed by atoms with Crippen molar-refractivity contribution in [1.29, 1.82) is 0 Å². The van der Waals surface area contributed by atoms with Crippen LogP contribution in [0, 0.1) is 10.1 Å². The molecular formula is C18H18ClN3O4. The Kier molecular flexibility index (Phi) is 5.27. The third kappa shape index (κ3) is 3.72. The summed E-state index contributed by atoms with van der Waals surface area (Å²) < 4.78 is 5.16. The summed E-state index contributed by atoms with van der Waals surface area (Å²) in [6.07, 6.45) is 0. The van der Waals surface area contributed by atoms with Gasteiger partial charge in [-0.3, -0.25) is 14.9 Å². The number of amides is 1. The summed E-state index contributed by atoms with van der Waals surface area (Å²) in [5, 5.41) is 11.0. The van der Waals surface area contributed by atoms with Crippen LogP contribution in [0.5, 0.6) is 5.75 Å². The lowest BCUT2D eigenvalue weighted by atomic mass is 10.1. The van der Waals surface area contributed by atoms with Gasteiger partial charge in [0.1, 0.15) is 10.8 Å². The van der Waals surface area contributed by atoms with Gasteiger partial charge in [-0.15, -0.1) is 0 Å². The van der Waals surface area contributed by atoms with Crippen LogP contribution in [0.3, 0.4) is 0 Å². The molecular weight excluding hydrogens is 358 g/mol. The lowest BCUT2D eigenvalue weighted by Crippen LogP contribution is -2.48. The molecule has 0 saturated carbocycles. The number of ether oxygens (including phenoxy) is 1. The molecule has 0 bridgehead atoms. The van der Waals surface area contributed by atoms with Gasteiger partial charge >= 0.3 is 0 Å². The van der Waals surface area contributed by atoms with E-state index < -0.39 is 4.92 Å². The molecule has 0 radical (unpaired) electrons. The van der Waals surface area contributed by atoms with E-state index in [1.807, 2.05) is 24.3 Å². The zero-order chi connectivity index (χ0) is 18.7. The molecule has 1 heterocycles. The lowest BCUT2D eigenvalue weighted by Gasteiger charge is -2.36. The number of rotatable bonds is 4. The Hall–Kier alpha value is -2.80. The van der Waals surface area contributed by atoms with E-state index in [-0.39, 0.29) is 22.2 Å². The van der Waals surface area contributed by atoms with E-state index in [4.69, 9.17) is 16.3 Å². The molecule has 26 heavy (non-hydrogen) atoms. The Bertz CT molecular complexity index is 818. The van der Waals surface area contributed by atoms with Crippen LogP contribution in [0.4, 0.5) is 11.4 Å². The molecule has 3 rings (SSSR count). The number of anilines is 1. The molecule has 0 spiro atoms. The summed E-state index contributed by atoms with van der Waals surface area (Å²) in [6, 6.07) is 11.9. The Morgan fingerprint density at radius 1 is 1.12 bits per heavy atom. The van der Waals surface area contributed by atoms with E-state index in [2.05, 4.69) is 4.90 Å². The molecule has 1 aliphatic rings. The number of nitro groups is 1. The van der Waals surface area contributed by atoms with Crippen LogP contribution in [0.25, 0.3) is 0 Å². The van der Waals surface area contributed by atoms with Crippen molar-refractivity contribution in [2.75, 3.05) is 38.2 Å². The highest BCUT2D eigenvalue weighted by Gasteiger charge is 2.24. The lowest BCUT2D eigenvalue weighted by molar-refractivity contribution is -0.384. The van der Waals surface area contributed by atoms with Crippen LogP contribution in [0.2, 0.25) is 5.02 Å². The molecule has 7 nitrogen and oxygen atoms in total. The van der Waals surface area contributed by atoms with E-state index in [0.717, 1.165) is 11.4 Å². The second kappa shape index (κ2) is 7.61.